The minimum atomic E-state index is -1.02. The van der Waals surface area contributed by atoms with Gasteiger partial charge in [-0.1, -0.05) is 84.2 Å². The Kier molecular flexibility index (Phi) is 10.6. The van der Waals surface area contributed by atoms with E-state index in [2.05, 4.69) is 45.9 Å². The second kappa shape index (κ2) is 14.5. The number of aliphatic carboxylic acids is 2. The first kappa shape index (κ1) is 28.4. The van der Waals surface area contributed by atoms with Crippen molar-refractivity contribution >= 4 is 57.0 Å². The van der Waals surface area contributed by atoms with E-state index in [1.54, 1.807) is 23.1 Å². The molecule has 4 rings (SSSR count). The maximum absolute atomic E-state index is 10.9. The van der Waals surface area contributed by atoms with Gasteiger partial charge >= 0.3 is 5.97 Å². The van der Waals surface area contributed by atoms with Crippen LogP contribution in [0, 0.1) is 0 Å². The van der Waals surface area contributed by atoms with Gasteiger partial charge in [0, 0.05) is 42.4 Å². The number of aryl methyl sites for hydroxylation is 1. The lowest BCUT2D eigenvalue weighted by atomic mass is 10.2. The Morgan fingerprint density at radius 2 is 1.67 bits per heavy atom. The molecule has 0 spiro atoms. The number of carboxylic acids is 2. The van der Waals surface area contributed by atoms with E-state index >= 15 is 0 Å². The third-order valence-electron chi connectivity index (χ3n) is 6.23. The molecular formula is C31H32N2O4S2. The number of carbonyl (C=O) groups excluding carboxylic acids is 1. The zero-order valence-electron chi connectivity index (χ0n) is 21.7. The average Bonchev–Trinajstić information content (AvgIpc) is 3.45. The summed E-state index contributed by atoms with van der Waals surface area (Å²) in [4.78, 5) is 25.2. The number of benzene rings is 2. The van der Waals surface area contributed by atoms with Gasteiger partial charge in [-0.3, -0.25) is 4.79 Å². The van der Waals surface area contributed by atoms with Gasteiger partial charge in [-0.25, -0.2) is 0 Å². The lowest BCUT2D eigenvalue weighted by Crippen LogP contribution is -2.36. The number of fused-ring (bicyclic) bond motifs is 2. The van der Waals surface area contributed by atoms with Crippen molar-refractivity contribution in [3.05, 3.63) is 95.0 Å². The highest BCUT2D eigenvalue weighted by Crippen LogP contribution is 2.45. The van der Waals surface area contributed by atoms with Gasteiger partial charge in [0.25, 0.3) is 5.01 Å². The zero-order chi connectivity index (χ0) is 27.5. The highest BCUT2D eigenvalue weighted by Gasteiger charge is 2.23. The van der Waals surface area contributed by atoms with E-state index in [-0.39, 0.29) is 12.8 Å². The number of thiazole rings is 1. The fourth-order valence-corrected chi connectivity index (χ4v) is 6.59. The Balaban J connectivity index is 1.37. The van der Waals surface area contributed by atoms with Crippen LogP contribution in [0.2, 0.25) is 0 Å². The summed E-state index contributed by atoms with van der Waals surface area (Å²) in [7, 11) is 0. The normalized spacial score (nSPS) is 14.5. The molecule has 0 saturated carbocycles. The number of para-hydroxylation sites is 2. The van der Waals surface area contributed by atoms with Gasteiger partial charge in [0.1, 0.15) is 4.70 Å². The molecule has 0 atom stereocenters. The molecule has 0 saturated heterocycles. The van der Waals surface area contributed by atoms with E-state index in [4.69, 9.17) is 5.11 Å². The molecule has 0 bridgehead atoms. The van der Waals surface area contributed by atoms with Crippen LogP contribution in [0.15, 0.2) is 94.9 Å². The Bertz CT molecular complexity index is 1420. The first-order chi connectivity index (χ1) is 19.0. The summed E-state index contributed by atoms with van der Waals surface area (Å²) in [5.74, 6) is -1.75. The van der Waals surface area contributed by atoms with Crippen molar-refractivity contribution in [3.8, 4) is 0 Å². The van der Waals surface area contributed by atoms with Gasteiger partial charge in [-0.15, -0.1) is 0 Å². The summed E-state index contributed by atoms with van der Waals surface area (Å²) >= 11 is 3.44. The van der Waals surface area contributed by atoms with Crippen molar-refractivity contribution < 1.29 is 24.4 Å². The molecule has 8 heteroatoms. The van der Waals surface area contributed by atoms with Crippen LogP contribution in [0.4, 0.5) is 5.69 Å². The summed E-state index contributed by atoms with van der Waals surface area (Å²) in [6.07, 6.45) is 17.5. The molecule has 1 N–H and O–H groups in total. The smallest absolute Gasteiger partial charge is 0.303 e. The van der Waals surface area contributed by atoms with Crippen LogP contribution in [0.25, 0.3) is 16.3 Å². The molecule has 3 aromatic rings. The first-order valence-corrected chi connectivity index (χ1v) is 14.8. The van der Waals surface area contributed by atoms with Gasteiger partial charge in [-0.05, 0) is 43.5 Å². The van der Waals surface area contributed by atoms with Crippen molar-refractivity contribution in [1.82, 2.24) is 0 Å². The number of anilines is 1. The third kappa shape index (κ3) is 8.18. The molecule has 0 unspecified atom stereocenters. The number of nitrogens with zero attached hydrogens (tertiary/aromatic N) is 2. The number of allylic oxidation sites excluding steroid dienone is 6. The van der Waals surface area contributed by atoms with E-state index in [1.165, 1.54) is 15.3 Å². The lowest BCUT2D eigenvalue weighted by molar-refractivity contribution is -0.669. The summed E-state index contributed by atoms with van der Waals surface area (Å²) < 4.78 is 3.33. The predicted molar refractivity (Wildman–Crippen MR) is 157 cm³/mol. The molecule has 202 valence electrons. The van der Waals surface area contributed by atoms with Crippen molar-refractivity contribution in [2.45, 2.75) is 50.0 Å². The van der Waals surface area contributed by atoms with E-state index in [0.717, 1.165) is 34.9 Å². The van der Waals surface area contributed by atoms with Crippen LogP contribution in [0.3, 0.4) is 0 Å². The molecule has 0 fully saturated rings. The topological polar surface area (TPSA) is 84.5 Å². The predicted octanol–water partition coefficient (Wildman–Crippen LogP) is 5.94. The first-order valence-electron chi connectivity index (χ1n) is 13.1. The Labute approximate surface area is 237 Å². The van der Waals surface area contributed by atoms with Gasteiger partial charge in [0.05, 0.1) is 10.7 Å². The highest BCUT2D eigenvalue weighted by atomic mass is 32.2. The van der Waals surface area contributed by atoms with Gasteiger partial charge in [0.2, 0.25) is 5.52 Å². The Morgan fingerprint density at radius 3 is 2.51 bits per heavy atom. The van der Waals surface area contributed by atoms with Crippen LogP contribution >= 0.6 is 23.1 Å². The van der Waals surface area contributed by atoms with Crippen molar-refractivity contribution in [1.29, 1.82) is 0 Å². The number of thioether (sulfide) groups is 1. The highest BCUT2D eigenvalue weighted by molar-refractivity contribution is 8.03. The molecule has 2 aromatic carbocycles. The summed E-state index contributed by atoms with van der Waals surface area (Å²) in [5.41, 5.74) is 2.31. The molecule has 0 radical (unpaired) electrons. The van der Waals surface area contributed by atoms with Gasteiger partial charge < -0.3 is 19.9 Å². The number of carbonyl (C=O) groups is 2. The number of carboxylic acid groups (broad SMARTS) is 2. The lowest BCUT2D eigenvalue weighted by Gasteiger charge is -2.20. The molecule has 6 nitrogen and oxygen atoms in total. The van der Waals surface area contributed by atoms with E-state index in [9.17, 15) is 14.7 Å². The van der Waals surface area contributed by atoms with Crippen LogP contribution in [0.5, 0.6) is 0 Å². The monoisotopic (exact) mass is 560 g/mol. The number of hydrogen-bond acceptors (Lipinski definition) is 6. The molecule has 2 heterocycles. The Hall–Kier alpha value is -3.62. The maximum atomic E-state index is 10.9. The molecule has 0 aliphatic carbocycles. The van der Waals surface area contributed by atoms with Crippen LogP contribution in [-0.4, -0.2) is 23.6 Å². The van der Waals surface area contributed by atoms with Crippen LogP contribution in [0.1, 0.15) is 43.5 Å². The van der Waals surface area contributed by atoms with Gasteiger partial charge in [0.15, 0.2) is 6.54 Å². The second-order valence-corrected chi connectivity index (χ2v) is 11.2. The average molecular weight is 561 g/mol. The molecule has 0 amide bonds. The summed E-state index contributed by atoms with van der Waals surface area (Å²) in [6, 6.07) is 16.5. The van der Waals surface area contributed by atoms with Crippen molar-refractivity contribution in [2.24, 2.45) is 0 Å². The SMILES string of the molecule is O=C([O-])CCC[n+]1c(/C=C/C=C/C=C/C=C2\Sc3ccccc3N2CCCCCC(=O)O)sc2ccccc21. The standard InChI is InChI=1S/C31H32N2O4S2/c34-30(35)20-7-4-12-22-32-24-14-8-10-16-26(24)38-28(32)18-5-2-1-3-6-19-29-33(23-13-21-31(36)37)25-15-9-11-17-27(25)39-29/h1-3,5-6,8-11,14-19H,4,7,12-13,20-23H2,(H-,34,35,36,37). The molecular weight excluding hydrogens is 528 g/mol. The maximum Gasteiger partial charge on any atom is 0.303 e. The minimum absolute atomic E-state index is 0.0477. The quantitative estimate of drug-likeness (QED) is 0.149. The fraction of sp³-hybridized carbons (Fsp3) is 0.258. The number of unbranched alkanes of at least 4 members (excludes halogenated alkanes) is 2. The Morgan fingerprint density at radius 1 is 0.897 bits per heavy atom. The number of aromatic nitrogens is 1. The largest absolute Gasteiger partial charge is 0.550 e. The van der Waals surface area contributed by atoms with Crippen LogP contribution in [-0.2, 0) is 16.1 Å². The number of hydrogen-bond donors (Lipinski definition) is 1. The molecule has 1 aromatic heterocycles. The fourth-order valence-electron chi connectivity index (χ4n) is 4.39. The zero-order valence-corrected chi connectivity index (χ0v) is 23.3. The molecule has 39 heavy (non-hydrogen) atoms. The molecule has 1 aliphatic heterocycles. The van der Waals surface area contributed by atoms with Crippen molar-refractivity contribution in [2.75, 3.05) is 11.4 Å². The molecule has 1 aliphatic rings. The number of rotatable bonds is 14. The van der Waals surface area contributed by atoms with Crippen LogP contribution < -0.4 is 14.6 Å². The van der Waals surface area contributed by atoms with E-state index < -0.39 is 11.9 Å². The third-order valence-corrected chi connectivity index (χ3v) is 8.49. The second-order valence-electron chi connectivity index (χ2n) is 9.09. The van der Waals surface area contributed by atoms with E-state index in [1.807, 2.05) is 54.6 Å². The minimum Gasteiger partial charge on any atom is -0.550 e. The van der Waals surface area contributed by atoms with Gasteiger partial charge in [-0.2, -0.15) is 4.57 Å². The van der Waals surface area contributed by atoms with E-state index in [0.29, 0.717) is 19.4 Å². The summed E-state index contributed by atoms with van der Waals surface area (Å²) in [5, 5.41) is 21.9. The summed E-state index contributed by atoms with van der Waals surface area (Å²) in [6.45, 7) is 1.49. The van der Waals surface area contributed by atoms with Crippen molar-refractivity contribution in [3.63, 3.8) is 0 Å².